The zero-order chi connectivity index (χ0) is 28.8. The molecule has 0 spiro atoms. The summed E-state index contributed by atoms with van der Waals surface area (Å²) < 4.78 is 72.9. The lowest BCUT2D eigenvalue weighted by atomic mass is 10.1. The predicted octanol–water partition coefficient (Wildman–Crippen LogP) is 6.05. The summed E-state index contributed by atoms with van der Waals surface area (Å²) in [5.41, 5.74) is 6.76. The lowest BCUT2D eigenvalue weighted by Crippen LogP contribution is -2.30. The molecule has 2 heterocycles. The van der Waals surface area contributed by atoms with Gasteiger partial charge in [0.05, 0.1) is 28.8 Å². The Morgan fingerprint density at radius 1 is 1.02 bits per heavy atom. The van der Waals surface area contributed by atoms with Gasteiger partial charge in [0.15, 0.2) is 11.6 Å². The van der Waals surface area contributed by atoms with Crippen molar-refractivity contribution >= 4 is 34.1 Å². The molecular weight excluding hydrogens is 537 g/mol. The van der Waals surface area contributed by atoms with Crippen LogP contribution in [0.5, 0.6) is 11.5 Å². The fourth-order valence-electron chi connectivity index (χ4n) is 4.02. The number of para-hydroxylation sites is 1. The van der Waals surface area contributed by atoms with E-state index in [2.05, 4.69) is 10.1 Å². The maximum Gasteiger partial charge on any atom is 0.471 e. The number of ether oxygens (including phenoxy) is 1. The number of hydrogen-bond acceptors (Lipinski definition) is 5. The number of carbonyl (C=O) groups is 2. The number of carbonyl (C=O) groups excluding carboxylic acids is 2. The minimum absolute atomic E-state index is 0.00343. The van der Waals surface area contributed by atoms with Gasteiger partial charge >= 0.3 is 12.1 Å². The average molecular weight is 555 g/mol. The minimum Gasteiger partial charge on any atom is -0.454 e. The number of rotatable bonds is 6. The van der Waals surface area contributed by atoms with Crippen LogP contribution in [0.25, 0.3) is 16.6 Å². The van der Waals surface area contributed by atoms with E-state index < -0.39 is 35.2 Å². The lowest BCUT2D eigenvalue weighted by molar-refractivity contribution is -0.167. The average Bonchev–Trinajstić information content (AvgIpc) is 3.48. The minimum atomic E-state index is -5.21. The predicted molar refractivity (Wildman–Crippen MR) is 136 cm³/mol. The van der Waals surface area contributed by atoms with Crippen LogP contribution in [-0.2, 0) is 4.79 Å². The Labute approximate surface area is 222 Å². The number of aromatic nitrogens is 3. The van der Waals surface area contributed by atoms with Crippen molar-refractivity contribution in [3.05, 3.63) is 95.3 Å². The number of nitrogens with one attached hydrogen (secondary N) is 2. The monoisotopic (exact) mass is 555 g/mol. The Hall–Kier alpha value is -5.20. The third-order valence-electron chi connectivity index (χ3n) is 5.97. The first-order valence-corrected chi connectivity index (χ1v) is 11.5. The molecule has 0 aliphatic carbocycles. The van der Waals surface area contributed by atoms with Crippen molar-refractivity contribution in [2.75, 3.05) is 11.1 Å². The molecule has 4 N–H and O–H groups in total. The highest BCUT2D eigenvalue weighted by molar-refractivity contribution is 6.12. The zero-order valence-electron chi connectivity index (χ0n) is 20.4. The van der Waals surface area contributed by atoms with Gasteiger partial charge < -0.3 is 20.8 Å². The van der Waals surface area contributed by atoms with Crippen molar-refractivity contribution in [1.29, 1.82) is 0 Å². The van der Waals surface area contributed by atoms with Gasteiger partial charge in [0.1, 0.15) is 17.4 Å². The van der Waals surface area contributed by atoms with Crippen LogP contribution in [0.15, 0.2) is 66.9 Å². The number of benzene rings is 3. The van der Waals surface area contributed by atoms with E-state index in [1.807, 2.05) is 0 Å². The van der Waals surface area contributed by atoms with Gasteiger partial charge in [0.2, 0.25) is 5.78 Å². The number of nitrogen functional groups attached to an aromatic ring is 1. The molecular formula is C27H18F5N5O3. The molecule has 1 amide bonds. The number of aryl methyl sites for hydroxylation is 1. The Balaban J connectivity index is 1.41. The van der Waals surface area contributed by atoms with Crippen LogP contribution in [0, 0.1) is 18.6 Å². The SMILES string of the molecule is Cc1cc(Oc2ccccc2F)ccc1-n1ncc(C(=O)c2cc3cc(F)c(NC(=O)C(F)(F)F)cc3[nH]2)c1N. The standard InChI is InChI=1S/C27H18F5N5O3/c1-13-8-15(40-23-5-3-2-4-17(23)28)6-7-22(13)37-25(33)16(12-34-37)24(38)21-10-14-9-18(29)20(11-19(14)35-21)36-26(39)27(30,31)32/h2-12,35H,33H2,1H3,(H,36,39). The van der Waals surface area contributed by atoms with Gasteiger partial charge in [0.25, 0.3) is 0 Å². The summed E-state index contributed by atoms with van der Waals surface area (Å²) in [6, 6.07) is 13.9. The van der Waals surface area contributed by atoms with Gasteiger partial charge in [-0.15, -0.1) is 0 Å². The van der Waals surface area contributed by atoms with Crippen LogP contribution in [-0.4, -0.2) is 32.6 Å². The van der Waals surface area contributed by atoms with E-state index in [0.29, 0.717) is 17.0 Å². The van der Waals surface area contributed by atoms with Crippen LogP contribution in [0.4, 0.5) is 33.5 Å². The van der Waals surface area contributed by atoms with Crippen LogP contribution in [0.2, 0.25) is 0 Å². The Kier molecular flexibility index (Phi) is 6.49. The second-order valence-electron chi connectivity index (χ2n) is 8.72. The molecule has 40 heavy (non-hydrogen) atoms. The maximum absolute atomic E-state index is 14.3. The molecule has 0 atom stereocenters. The Morgan fingerprint density at radius 3 is 2.48 bits per heavy atom. The molecule has 0 saturated heterocycles. The third kappa shape index (κ3) is 4.96. The van der Waals surface area contributed by atoms with Crippen LogP contribution in [0.1, 0.15) is 21.6 Å². The normalized spacial score (nSPS) is 11.6. The zero-order valence-corrected chi connectivity index (χ0v) is 20.4. The molecule has 0 radical (unpaired) electrons. The molecule has 0 bridgehead atoms. The summed E-state index contributed by atoms with van der Waals surface area (Å²) in [6.45, 7) is 1.74. The highest BCUT2D eigenvalue weighted by Crippen LogP contribution is 2.30. The largest absolute Gasteiger partial charge is 0.471 e. The summed E-state index contributed by atoms with van der Waals surface area (Å²) in [4.78, 5) is 27.1. The molecule has 13 heteroatoms. The molecule has 0 aliphatic rings. The molecule has 8 nitrogen and oxygen atoms in total. The molecule has 0 saturated carbocycles. The molecule has 0 fully saturated rings. The van der Waals surface area contributed by atoms with Crippen molar-refractivity contribution in [3.63, 3.8) is 0 Å². The highest BCUT2D eigenvalue weighted by Gasteiger charge is 2.39. The van der Waals surface area contributed by atoms with E-state index in [4.69, 9.17) is 10.5 Å². The second kappa shape index (κ2) is 9.84. The smallest absolute Gasteiger partial charge is 0.454 e. The number of fused-ring (bicyclic) bond motifs is 1. The highest BCUT2D eigenvalue weighted by atomic mass is 19.4. The molecule has 5 rings (SSSR count). The first kappa shape index (κ1) is 26.4. The number of halogens is 5. The molecule has 5 aromatic rings. The maximum atomic E-state index is 14.3. The third-order valence-corrected chi connectivity index (χ3v) is 5.97. The summed E-state index contributed by atoms with van der Waals surface area (Å²) in [5, 5.41) is 5.84. The van der Waals surface area contributed by atoms with E-state index in [1.165, 1.54) is 34.4 Å². The fourth-order valence-corrected chi connectivity index (χ4v) is 4.02. The molecule has 0 aliphatic heterocycles. The molecule has 3 aromatic carbocycles. The van der Waals surface area contributed by atoms with E-state index >= 15 is 0 Å². The first-order valence-electron chi connectivity index (χ1n) is 11.5. The van der Waals surface area contributed by atoms with Gasteiger partial charge in [-0.2, -0.15) is 18.3 Å². The van der Waals surface area contributed by atoms with Gasteiger partial charge in [-0.3, -0.25) is 9.59 Å². The summed E-state index contributed by atoms with van der Waals surface area (Å²) in [5.74, 6) is -4.19. The van der Waals surface area contributed by atoms with Crippen molar-refractivity contribution in [2.45, 2.75) is 13.1 Å². The van der Waals surface area contributed by atoms with Crippen molar-refractivity contribution in [3.8, 4) is 17.2 Å². The summed E-state index contributed by atoms with van der Waals surface area (Å²) >= 11 is 0. The first-order chi connectivity index (χ1) is 18.9. The van der Waals surface area contributed by atoms with Crippen LogP contribution >= 0.6 is 0 Å². The molecule has 2 aromatic heterocycles. The van der Waals surface area contributed by atoms with Crippen molar-refractivity contribution in [1.82, 2.24) is 14.8 Å². The van der Waals surface area contributed by atoms with Gasteiger partial charge in [0, 0.05) is 10.9 Å². The number of nitrogens with zero attached hydrogens (tertiary/aromatic N) is 2. The van der Waals surface area contributed by atoms with Crippen LogP contribution < -0.4 is 15.8 Å². The van der Waals surface area contributed by atoms with Crippen molar-refractivity contribution < 1.29 is 36.3 Å². The van der Waals surface area contributed by atoms with Crippen LogP contribution in [0.3, 0.4) is 0 Å². The molecule has 0 unspecified atom stereocenters. The Bertz CT molecular complexity index is 1790. The number of H-pyrrole nitrogens is 1. The van der Waals surface area contributed by atoms with Gasteiger partial charge in [-0.25, -0.2) is 13.5 Å². The summed E-state index contributed by atoms with van der Waals surface area (Å²) in [7, 11) is 0. The topological polar surface area (TPSA) is 115 Å². The lowest BCUT2D eigenvalue weighted by Gasteiger charge is -2.12. The number of amides is 1. The number of anilines is 2. The number of alkyl halides is 3. The quantitative estimate of drug-likeness (QED) is 0.174. The second-order valence-corrected chi connectivity index (χ2v) is 8.72. The van der Waals surface area contributed by atoms with E-state index in [9.17, 15) is 31.5 Å². The fraction of sp³-hybridized carbons (Fsp3) is 0.0741. The Morgan fingerprint density at radius 2 is 1.77 bits per heavy atom. The number of nitrogens with two attached hydrogens (primary N) is 1. The van der Waals surface area contributed by atoms with Gasteiger partial charge in [-0.1, -0.05) is 12.1 Å². The number of ketones is 1. The molecule has 204 valence electrons. The number of aromatic amines is 1. The van der Waals surface area contributed by atoms with E-state index in [0.717, 1.165) is 12.1 Å². The van der Waals surface area contributed by atoms with Crippen molar-refractivity contribution in [2.24, 2.45) is 0 Å². The van der Waals surface area contributed by atoms with E-state index in [1.54, 1.807) is 37.3 Å². The van der Waals surface area contributed by atoms with E-state index in [-0.39, 0.29) is 33.7 Å². The van der Waals surface area contributed by atoms with Gasteiger partial charge in [-0.05, 0) is 61.0 Å². The summed E-state index contributed by atoms with van der Waals surface area (Å²) in [6.07, 6.45) is -3.97. The number of hydrogen-bond donors (Lipinski definition) is 3.